The van der Waals surface area contributed by atoms with Crippen LogP contribution < -0.4 is 0 Å². The van der Waals surface area contributed by atoms with E-state index >= 15 is 0 Å². The molecule has 0 aliphatic carbocycles. The number of carbonyl (C=O) groups is 4. The van der Waals surface area contributed by atoms with Crippen LogP contribution in [0.4, 0.5) is 0 Å². The van der Waals surface area contributed by atoms with Crippen molar-refractivity contribution in [1.29, 1.82) is 0 Å². The number of likely N-dealkylation sites (N-methyl/N-ethyl adjacent to an activating group) is 1. The fraction of sp³-hybridized carbons (Fsp3) is 0.565. The van der Waals surface area contributed by atoms with E-state index in [0.717, 1.165) is 18.5 Å². The molecule has 0 spiro atoms. The molecule has 8 nitrogen and oxygen atoms in total. The topological polar surface area (TPSA) is 81.2 Å². The summed E-state index contributed by atoms with van der Waals surface area (Å²) < 4.78 is 0. The van der Waals surface area contributed by atoms with Gasteiger partial charge in [0.05, 0.1) is 13.1 Å². The first kappa shape index (κ1) is 22.9. The Morgan fingerprint density at radius 1 is 0.903 bits per heavy atom. The van der Waals surface area contributed by atoms with Crippen molar-refractivity contribution in [3.63, 3.8) is 0 Å². The van der Waals surface area contributed by atoms with Gasteiger partial charge in [0.2, 0.25) is 17.7 Å². The van der Waals surface area contributed by atoms with Crippen molar-refractivity contribution in [1.82, 2.24) is 19.6 Å². The van der Waals surface area contributed by atoms with Crippen LogP contribution in [-0.2, 0) is 20.9 Å². The van der Waals surface area contributed by atoms with E-state index in [1.54, 1.807) is 24.3 Å². The van der Waals surface area contributed by atoms with Gasteiger partial charge in [0, 0.05) is 57.7 Å². The molecular formula is C23H32N4O4. The largest absolute Gasteiger partial charge is 0.342 e. The Hall–Kier alpha value is -2.74. The SMILES string of the molecule is CCN(CC)C(=O)CN1CCCN(C(=O)c2ccc(CN3C(=O)CCC3=O)cc2)CC1. The molecule has 3 rings (SSSR count). The lowest BCUT2D eigenvalue weighted by Crippen LogP contribution is -2.42. The number of carbonyl (C=O) groups excluding carboxylic acids is 4. The number of amides is 4. The number of nitrogens with zero attached hydrogens (tertiary/aromatic N) is 4. The summed E-state index contributed by atoms with van der Waals surface area (Å²) in [6.07, 6.45) is 1.39. The zero-order valence-corrected chi connectivity index (χ0v) is 18.5. The van der Waals surface area contributed by atoms with Gasteiger partial charge in [-0.1, -0.05) is 12.1 Å². The summed E-state index contributed by atoms with van der Waals surface area (Å²) >= 11 is 0. The standard InChI is InChI=1S/C23H32N4O4/c1-3-25(4-2)22(30)17-24-12-5-13-26(15-14-24)23(31)19-8-6-18(7-9-19)16-27-20(28)10-11-21(27)29/h6-9H,3-5,10-17H2,1-2H3. The molecule has 8 heteroatoms. The van der Waals surface area contributed by atoms with Gasteiger partial charge in [-0.25, -0.2) is 0 Å². The lowest BCUT2D eigenvalue weighted by Gasteiger charge is -2.25. The Labute approximate surface area is 183 Å². The first-order valence-corrected chi connectivity index (χ1v) is 11.1. The number of hydrogen-bond acceptors (Lipinski definition) is 5. The Bertz CT molecular complexity index is 803. The maximum Gasteiger partial charge on any atom is 0.253 e. The van der Waals surface area contributed by atoms with E-state index in [-0.39, 0.29) is 43.0 Å². The molecule has 31 heavy (non-hydrogen) atoms. The molecule has 0 unspecified atom stereocenters. The first-order chi connectivity index (χ1) is 14.9. The Morgan fingerprint density at radius 2 is 1.55 bits per heavy atom. The maximum atomic E-state index is 13.0. The summed E-state index contributed by atoms with van der Waals surface area (Å²) in [5, 5.41) is 0. The fourth-order valence-corrected chi connectivity index (χ4v) is 4.12. The van der Waals surface area contributed by atoms with E-state index in [0.29, 0.717) is 44.8 Å². The van der Waals surface area contributed by atoms with Crippen molar-refractivity contribution in [2.24, 2.45) is 0 Å². The van der Waals surface area contributed by atoms with E-state index in [9.17, 15) is 19.2 Å². The van der Waals surface area contributed by atoms with Gasteiger partial charge in [0.1, 0.15) is 0 Å². The number of imide groups is 1. The Kier molecular flexibility index (Phi) is 7.79. The zero-order chi connectivity index (χ0) is 22.4. The van der Waals surface area contributed by atoms with Crippen LogP contribution in [0.5, 0.6) is 0 Å². The summed E-state index contributed by atoms with van der Waals surface area (Å²) in [5.74, 6) is -0.176. The number of hydrogen-bond donors (Lipinski definition) is 0. The summed E-state index contributed by atoms with van der Waals surface area (Å²) in [4.78, 5) is 56.0. The van der Waals surface area contributed by atoms with Crippen LogP contribution in [0.15, 0.2) is 24.3 Å². The monoisotopic (exact) mass is 428 g/mol. The first-order valence-electron chi connectivity index (χ1n) is 11.1. The van der Waals surface area contributed by atoms with Gasteiger partial charge in [0.25, 0.3) is 5.91 Å². The number of rotatable bonds is 7. The minimum absolute atomic E-state index is 0.0307. The second kappa shape index (κ2) is 10.5. The molecule has 4 amide bonds. The van der Waals surface area contributed by atoms with E-state index in [1.807, 2.05) is 23.6 Å². The van der Waals surface area contributed by atoms with Crippen LogP contribution in [0.25, 0.3) is 0 Å². The summed E-state index contributed by atoms with van der Waals surface area (Å²) in [6, 6.07) is 7.13. The minimum Gasteiger partial charge on any atom is -0.342 e. The van der Waals surface area contributed by atoms with E-state index < -0.39 is 0 Å². The van der Waals surface area contributed by atoms with E-state index in [4.69, 9.17) is 0 Å². The molecule has 0 radical (unpaired) electrons. The highest BCUT2D eigenvalue weighted by Crippen LogP contribution is 2.17. The average molecular weight is 429 g/mol. The molecule has 2 aliphatic rings. The molecule has 168 valence electrons. The predicted octanol–water partition coefficient (Wildman–Crippen LogP) is 1.35. The van der Waals surface area contributed by atoms with Gasteiger partial charge in [-0.05, 0) is 38.0 Å². The fourth-order valence-electron chi connectivity index (χ4n) is 4.12. The molecule has 1 aromatic carbocycles. The van der Waals surface area contributed by atoms with Crippen molar-refractivity contribution < 1.29 is 19.2 Å². The van der Waals surface area contributed by atoms with Crippen LogP contribution in [-0.4, -0.2) is 89.0 Å². The zero-order valence-electron chi connectivity index (χ0n) is 18.5. The number of likely N-dealkylation sites (tertiary alicyclic amines) is 1. The predicted molar refractivity (Wildman–Crippen MR) is 116 cm³/mol. The molecule has 2 fully saturated rings. The third-order valence-electron chi connectivity index (χ3n) is 6.05. The second-order valence-corrected chi connectivity index (χ2v) is 8.06. The molecule has 0 atom stereocenters. The molecule has 2 heterocycles. The third kappa shape index (κ3) is 5.70. The van der Waals surface area contributed by atoms with E-state index in [2.05, 4.69) is 4.90 Å². The molecule has 2 aliphatic heterocycles. The molecule has 0 aromatic heterocycles. The van der Waals surface area contributed by atoms with Gasteiger partial charge in [-0.3, -0.25) is 29.0 Å². The van der Waals surface area contributed by atoms with Gasteiger partial charge in [-0.2, -0.15) is 0 Å². The maximum absolute atomic E-state index is 13.0. The Morgan fingerprint density at radius 3 is 2.16 bits per heavy atom. The van der Waals surface area contributed by atoms with Crippen molar-refractivity contribution in [3.8, 4) is 0 Å². The molecule has 2 saturated heterocycles. The smallest absolute Gasteiger partial charge is 0.253 e. The molecule has 0 N–H and O–H groups in total. The minimum atomic E-state index is -0.140. The normalized spacial score (nSPS) is 17.7. The van der Waals surface area contributed by atoms with Gasteiger partial charge in [0.15, 0.2) is 0 Å². The van der Waals surface area contributed by atoms with Gasteiger partial charge in [-0.15, -0.1) is 0 Å². The van der Waals surface area contributed by atoms with Crippen molar-refractivity contribution >= 4 is 23.6 Å². The van der Waals surface area contributed by atoms with Crippen LogP contribution in [0.2, 0.25) is 0 Å². The average Bonchev–Trinajstić information content (AvgIpc) is 2.95. The lowest BCUT2D eigenvalue weighted by atomic mass is 10.1. The van der Waals surface area contributed by atoms with Crippen LogP contribution in [0.3, 0.4) is 0 Å². The highest BCUT2D eigenvalue weighted by Gasteiger charge is 2.29. The summed E-state index contributed by atoms with van der Waals surface area (Å²) in [6.45, 7) is 8.76. The Balaban J connectivity index is 1.54. The molecule has 0 bridgehead atoms. The summed E-state index contributed by atoms with van der Waals surface area (Å²) in [5.41, 5.74) is 1.42. The van der Waals surface area contributed by atoms with Crippen LogP contribution in [0, 0.1) is 0 Å². The highest BCUT2D eigenvalue weighted by atomic mass is 16.2. The van der Waals surface area contributed by atoms with E-state index in [1.165, 1.54) is 4.90 Å². The van der Waals surface area contributed by atoms with Crippen LogP contribution >= 0.6 is 0 Å². The van der Waals surface area contributed by atoms with Crippen molar-refractivity contribution in [2.75, 3.05) is 45.8 Å². The quantitative estimate of drug-likeness (QED) is 0.613. The third-order valence-corrected chi connectivity index (χ3v) is 6.05. The molecular weight excluding hydrogens is 396 g/mol. The number of benzene rings is 1. The molecule has 1 aromatic rings. The highest BCUT2D eigenvalue weighted by molar-refractivity contribution is 6.01. The molecule has 0 saturated carbocycles. The summed E-state index contributed by atoms with van der Waals surface area (Å²) in [7, 11) is 0. The van der Waals surface area contributed by atoms with Gasteiger partial charge < -0.3 is 9.80 Å². The lowest BCUT2D eigenvalue weighted by molar-refractivity contribution is -0.139. The second-order valence-electron chi connectivity index (χ2n) is 8.06. The van der Waals surface area contributed by atoms with Gasteiger partial charge >= 0.3 is 0 Å². The van der Waals surface area contributed by atoms with Crippen LogP contribution in [0.1, 0.15) is 49.0 Å². The van der Waals surface area contributed by atoms with Crippen molar-refractivity contribution in [2.45, 2.75) is 39.7 Å². The van der Waals surface area contributed by atoms with Crippen molar-refractivity contribution in [3.05, 3.63) is 35.4 Å².